The Balaban J connectivity index is 1.33. The Labute approximate surface area is 165 Å². The van der Waals surface area contributed by atoms with E-state index in [1.165, 1.54) is 11.1 Å². The molecule has 1 amide bonds. The molecule has 2 aromatic carbocycles. The topological polar surface area (TPSA) is 58.2 Å². The molecule has 0 radical (unpaired) electrons. The van der Waals surface area contributed by atoms with Crippen LogP contribution in [0.3, 0.4) is 0 Å². The van der Waals surface area contributed by atoms with E-state index in [-0.39, 0.29) is 11.8 Å². The number of carbonyl (C=O) groups excluding carboxylic acids is 1. The molecule has 146 valence electrons. The average molecular weight is 377 g/mol. The molecule has 28 heavy (non-hydrogen) atoms. The lowest BCUT2D eigenvalue weighted by atomic mass is 9.97. The number of imidazole rings is 1. The number of carbonyl (C=O) groups is 1. The van der Waals surface area contributed by atoms with E-state index in [2.05, 4.69) is 24.9 Å². The molecule has 1 aliphatic heterocycles. The van der Waals surface area contributed by atoms with E-state index in [4.69, 9.17) is 9.72 Å². The maximum Gasteiger partial charge on any atom is 0.226 e. The molecule has 2 heterocycles. The fourth-order valence-corrected chi connectivity index (χ4v) is 3.81. The van der Waals surface area contributed by atoms with Crippen LogP contribution in [0.15, 0.2) is 42.5 Å². The molecule has 1 unspecified atom stereocenters. The van der Waals surface area contributed by atoms with E-state index in [0.29, 0.717) is 13.0 Å². The van der Waals surface area contributed by atoms with Gasteiger partial charge in [0.2, 0.25) is 5.91 Å². The number of aryl methyl sites for hydroxylation is 2. The van der Waals surface area contributed by atoms with Gasteiger partial charge in [0.15, 0.2) is 0 Å². The number of fused-ring (bicyclic) bond motifs is 1. The number of piperidine rings is 1. The number of rotatable bonds is 5. The summed E-state index contributed by atoms with van der Waals surface area (Å²) < 4.78 is 5.79. The van der Waals surface area contributed by atoms with Crippen LogP contribution < -0.4 is 4.74 Å². The number of amides is 1. The summed E-state index contributed by atoms with van der Waals surface area (Å²) in [5.74, 6) is 2.25. The highest BCUT2D eigenvalue weighted by Gasteiger charge is 2.26. The van der Waals surface area contributed by atoms with Crippen LogP contribution in [0.2, 0.25) is 0 Å². The molecule has 0 aliphatic carbocycles. The van der Waals surface area contributed by atoms with Crippen LogP contribution in [0.25, 0.3) is 11.0 Å². The van der Waals surface area contributed by atoms with Crippen molar-refractivity contribution in [3.8, 4) is 5.75 Å². The van der Waals surface area contributed by atoms with E-state index >= 15 is 0 Å². The predicted octanol–water partition coefficient (Wildman–Crippen LogP) is 4.35. The van der Waals surface area contributed by atoms with E-state index in [0.717, 1.165) is 48.5 Å². The molecule has 4 rings (SSSR count). The van der Waals surface area contributed by atoms with Crippen LogP contribution in [-0.2, 0) is 4.79 Å². The van der Waals surface area contributed by atoms with Crippen molar-refractivity contribution in [1.29, 1.82) is 0 Å². The Morgan fingerprint density at radius 3 is 2.89 bits per heavy atom. The van der Waals surface area contributed by atoms with Gasteiger partial charge in [-0.1, -0.05) is 18.2 Å². The van der Waals surface area contributed by atoms with Gasteiger partial charge in [-0.15, -0.1) is 0 Å². The van der Waals surface area contributed by atoms with Crippen molar-refractivity contribution >= 4 is 16.9 Å². The maximum atomic E-state index is 12.7. The lowest BCUT2D eigenvalue weighted by Gasteiger charge is -2.32. The van der Waals surface area contributed by atoms with Gasteiger partial charge in [0.25, 0.3) is 0 Å². The summed E-state index contributed by atoms with van der Waals surface area (Å²) in [5, 5.41) is 0. The van der Waals surface area contributed by atoms with Gasteiger partial charge in [-0.25, -0.2) is 4.98 Å². The molecule has 5 nitrogen and oxygen atoms in total. The molecule has 0 spiro atoms. The highest BCUT2D eigenvalue weighted by molar-refractivity contribution is 5.77. The molecular weight excluding hydrogens is 350 g/mol. The minimum atomic E-state index is 0.157. The summed E-state index contributed by atoms with van der Waals surface area (Å²) in [5.41, 5.74) is 4.49. The van der Waals surface area contributed by atoms with Crippen molar-refractivity contribution in [3.05, 3.63) is 59.4 Å². The molecule has 1 aromatic heterocycles. The summed E-state index contributed by atoms with van der Waals surface area (Å²) in [7, 11) is 0. The monoisotopic (exact) mass is 377 g/mol. The van der Waals surface area contributed by atoms with Gasteiger partial charge in [-0.05, 0) is 62.1 Å². The maximum absolute atomic E-state index is 12.7. The van der Waals surface area contributed by atoms with E-state index in [1.54, 1.807) is 0 Å². The zero-order valence-electron chi connectivity index (χ0n) is 16.6. The van der Waals surface area contributed by atoms with E-state index < -0.39 is 0 Å². The first-order valence-electron chi connectivity index (χ1n) is 10.0. The second kappa shape index (κ2) is 8.05. The molecule has 0 bridgehead atoms. The van der Waals surface area contributed by atoms with Gasteiger partial charge in [0.1, 0.15) is 11.6 Å². The smallest absolute Gasteiger partial charge is 0.226 e. The highest BCUT2D eigenvalue weighted by Crippen LogP contribution is 2.27. The fourth-order valence-electron chi connectivity index (χ4n) is 3.81. The van der Waals surface area contributed by atoms with Gasteiger partial charge < -0.3 is 14.6 Å². The highest BCUT2D eigenvalue weighted by atomic mass is 16.5. The van der Waals surface area contributed by atoms with Crippen molar-refractivity contribution in [2.45, 2.75) is 39.0 Å². The Kier molecular flexibility index (Phi) is 5.33. The minimum Gasteiger partial charge on any atom is -0.493 e. The molecule has 1 aliphatic rings. The molecule has 5 heteroatoms. The van der Waals surface area contributed by atoms with Crippen LogP contribution in [0, 0.1) is 13.8 Å². The number of nitrogens with one attached hydrogen (secondary N) is 1. The zero-order valence-corrected chi connectivity index (χ0v) is 16.6. The van der Waals surface area contributed by atoms with Gasteiger partial charge >= 0.3 is 0 Å². The van der Waals surface area contributed by atoms with Crippen LogP contribution in [0.1, 0.15) is 42.1 Å². The molecule has 1 fully saturated rings. The normalized spacial score (nSPS) is 17.1. The summed E-state index contributed by atoms with van der Waals surface area (Å²) in [6.07, 6.45) is 2.47. The second-order valence-electron chi connectivity index (χ2n) is 7.66. The third-order valence-corrected chi connectivity index (χ3v) is 5.63. The quantitative estimate of drug-likeness (QED) is 0.719. The van der Waals surface area contributed by atoms with E-state index in [1.807, 2.05) is 41.3 Å². The average Bonchev–Trinajstić information content (AvgIpc) is 3.15. The van der Waals surface area contributed by atoms with Gasteiger partial charge in [-0.3, -0.25) is 4.79 Å². The standard InChI is InChI=1S/C23H27N3O2/c1-16-9-10-19(14-17(16)2)28-13-11-22(27)26-12-5-6-18(15-26)23-24-20-7-3-4-8-21(20)25-23/h3-4,7-10,14,18H,5-6,11-13,15H2,1-2H3,(H,24,25). The first-order chi connectivity index (χ1) is 13.6. The number of H-pyrrole nitrogens is 1. The zero-order chi connectivity index (χ0) is 19.5. The van der Waals surface area contributed by atoms with Crippen molar-refractivity contribution in [2.75, 3.05) is 19.7 Å². The van der Waals surface area contributed by atoms with Gasteiger partial charge in [0, 0.05) is 19.0 Å². The third-order valence-electron chi connectivity index (χ3n) is 5.63. The van der Waals surface area contributed by atoms with Crippen LogP contribution in [0.4, 0.5) is 0 Å². The molecule has 3 aromatic rings. The first kappa shape index (κ1) is 18.5. The molecule has 0 saturated carbocycles. The van der Waals surface area contributed by atoms with Crippen molar-refractivity contribution in [1.82, 2.24) is 14.9 Å². The SMILES string of the molecule is Cc1ccc(OCCC(=O)N2CCCC(c3nc4ccccc4[nH]3)C2)cc1C. The Morgan fingerprint density at radius 2 is 2.07 bits per heavy atom. The summed E-state index contributed by atoms with van der Waals surface area (Å²) in [6, 6.07) is 14.1. The van der Waals surface area contributed by atoms with E-state index in [9.17, 15) is 4.79 Å². The van der Waals surface area contributed by atoms with Gasteiger partial charge in [0.05, 0.1) is 24.1 Å². The number of nitrogens with zero attached hydrogens (tertiary/aromatic N) is 2. The van der Waals surface area contributed by atoms with Crippen LogP contribution in [0.5, 0.6) is 5.75 Å². The number of aromatic nitrogens is 2. The lowest BCUT2D eigenvalue weighted by molar-refractivity contribution is -0.132. The Hall–Kier alpha value is -2.82. The predicted molar refractivity (Wildman–Crippen MR) is 111 cm³/mol. The number of para-hydroxylation sites is 2. The molecule has 1 N–H and O–H groups in total. The lowest BCUT2D eigenvalue weighted by Crippen LogP contribution is -2.39. The van der Waals surface area contributed by atoms with Crippen molar-refractivity contribution in [3.63, 3.8) is 0 Å². The largest absolute Gasteiger partial charge is 0.493 e. The van der Waals surface area contributed by atoms with Crippen molar-refractivity contribution < 1.29 is 9.53 Å². The first-order valence-corrected chi connectivity index (χ1v) is 10.0. The Bertz CT molecular complexity index is 946. The van der Waals surface area contributed by atoms with Crippen LogP contribution in [-0.4, -0.2) is 40.5 Å². The number of likely N-dealkylation sites (tertiary alicyclic amines) is 1. The Morgan fingerprint density at radius 1 is 1.21 bits per heavy atom. The summed E-state index contributed by atoms with van der Waals surface area (Å²) >= 11 is 0. The summed E-state index contributed by atoms with van der Waals surface area (Å²) in [6.45, 7) is 6.10. The number of ether oxygens (including phenoxy) is 1. The molecular formula is C23H27N3O2. The third kappa shape index (κ3) is 4.03. The number of hydrogen-bond donors (Lipinski definition) is 1. The van der Waals surface area contributed by atoms with Crippen LogP contribution >= 0.6 is 0 Å². The number of aromatic amines is 1. The van der Waals surface area contributed by atoms with Crippen molar-refractivity contribution in [2.24, 2.45) is 0 Å². The molecule has 1 atom stereocenters. The number of benzene rings is 2. The summed E-state index contributed by atoms with van der Waals surface area (Å²) in [4.78, 5) is 22.8. The fraction of sp³-hybridized carbons (Fsp3) is 0.391. The second-order valence-corrected chi connectivity index (χ2v) is 7.66. The molecule has 1 saturated heterocycles. The minimum absolute atomic E-state index is 0.157. The number of hydrogen-bond acceptors (Lipinski definition) is 3. The van der Waals surface area contributed by atoms with Gasteiger partial charge in [-0.2, -0.15) is 0 Å².